The molecule has 2 aliphatic rings. The molecule has 0 bridgehead atoms. The van der Waals surface area contributed by atoms with Gasteiger partial charge in [0, 0.05) is 18.3 Å². The zero-order chi connectivity index (χ0) is 13.2. The number of nitrogens with zero attached hydrogens (tertiary/aromatic N) is 2. The van der Waals surface area contributed by atoms with Crippen molar-refractivity contribution in [3.05, 3.63) is 17.5 Å². The summed E-state index contributed by atoms with van der Waals surface area (Å²) in [6, 6.07) is 0.143. The summed E-state index contributed by atoms with van der Waals surface area (Å²) < 4.78 is 1.94. The number of hydrogen-bond acceptors (Lipinski definition) is 3. The van der Waals surface area contributed by atoms with Gasteiger partial charge in [-0.25, -0.2) is 0 Å². The van der Waals surface area contributed by atoms with Crippen LogP contribution >= 0.6 is 12.4 Å². The first kappa shape index (κ1) is 15.3. The van der Waals surface area contributed by atoms with Crippen molar-refractivity contribution >= 4 is 18.3 Å². The molecule has 2 heterocycles. The third-order valence-corrected chi connectivity index (χ3v) is 4.32. The molecular formula is C14H23ClN4O. The molecule has 6 heteroatoms. The average Bonchev–Trinajstić information content (AvgIpc) is 2.83. The second-order valence-electron chi connectivity index (χ2n) is 5.63. The fourth-order valence-corrected chi connectivity index (χ4v) is 3.20. The van der Waals surface area contributed by atoms with Crippen LogP contribution in [0, 0.1) is 0 Å². The molecule has 1 amide bonds. The molecule has 112 valence electrons. The van der Waals surface area contributed by atoms with Crippen LogP contribution in [0.1, 0.15) is 49.4 Å². The van der Waals surface area contributed by atoms with Gasteiger partial charge in [0.15, 0.2) is 0 Å². The number of aromatic nitrogens is 2. The van der Waals surface area contributed by atoms with E-state index in [0.717, 1.165) is 38.6 Å². The van der Waals surface area contributed by atoms with E-state index in [0.29, 0.717) is 0 Å². The standard InChI is InChI=1S/C14H22N4O.ClH/c1-18-13-7-4-6-11(10(13)9-16-18)17-14(19)12-5-2-3-8-15-12;/h9,11-12,15H,2-8H2,1H3,(H,17,19);1H. The van der Waals surface area contributed by atoms with E-state index >= 15 is 0 Å². The fourth-order valence-electron chi connectivity index (χ4n) is 3.20. The summed E-state index contributed by atoms with van der Waals surface area (Å²) >= 11 is 0. The Labute approximate surface area is 125 Å². The normalized spacial score (nSPS) is 25.4. The smallest absolute Gasteiger partial charge is 0.237 e. The van der Waals surface area contributed by atoms with Crippen molar-refractivity contribution in [3.63, 3.8) is 0 Å². The maximum absolute atomic E-state index is 12.3. The Kier molecular flexibility index (Phi) is 5.05. The van der Waals surface area contributed by atoms with Crippen LogP contribution in [0.3, 0.4) is 0 Å². The zero-order valence-electron chi connectivity index (χ0n) is 11.9. The maximum atomic E-state index is 12.3. The lowest BCUT2D eigenvalue weighted by molar-refractivity contribution is -0.124. The van der Waals surface area contributed by atoms with Gasteiger partial charge in [-0.2, -0.15) is 5.10 Å². The van der Waals surface area contributed by atoms with Gasteiger partial charge in [0.2, 0.25) is 5.91 Å². The van der Waals surface area contributed by atoms with E-state index in [1.54, 1.807) is 0 Å². The summed E-state index contributed by atoms with van der Waals surface area (Å²) in [7, 11) is 1.98. The van der Waals surface area contributed by atoms with E-state index in [2.05, 4.69) is 15.7 Å². The number of fused-ring (bicyclic) bond motifs is 1. The Morgan fingerprint density at radius 1 is 1.40 bits per heavy atom. The quantitative estimate of drug-likeness (QED) is 0.869. The summed E-state index contributed by atoms with van der Waals surface area (Å²) in [5.74, 6) is 0.154. The van der Waals surface area contributed by atoms with E-state index in [1.165, 1.54) is 17.7 Å². The molecule has 0 saturated carbocycles. The molecule has 1 aliphatic carbocycles. The number of halogens is 1. The second-order valence-corrected chi connectivity index (χ2v) is 5.63. The Hall–Kier alpha value is -1.07. The highest BCUT2D eigenvalue weighted by Gasteiger charge is 2.28. The van der Waals surface area contributed by atoms with Crippen LogP contribution < -0.4 is 10.6 Å². The molecular weight excluding hydrogens is 276 g/mol. The van der Waals surface area contributed by atoms with E-state index in [1.807, 2.05) is 17.9 Å². The molecule has 20 heavy (non-hydrogen) atoms. The van der Waals surface area contributed by atoms with Crippen LogP contribution in [0.4, 0.5) is 0 Å². The van der Waals surface area contributed by atoms with E-state index < -0.39 is 0 Å². The van der Waals surface area contributed by atoms with Gasteiger partial charge in [-0.3, -0.25) is 9.48 Å². The molecule has 1 aliphatic heterocycles. The maximum Gasteiger partial charge on any atom is 0.237 e. The predicted octanol–water partition coefficient (Wildman–Crippen LogP) is 1.48. The molecule has 0 spiro atoms. The number of piperidine rings is 1. The average molecular weight is 299 g/mol. The van der Waals surface area contributed by atoms with Crippen molar-refractivity contribution in [1.82, 2.24) is 20.4 Å². The third-order valence-electron chi connectivity index (χ3n) is 4.32. The Bertz CT molecular complexity index is 468. The summed E-state index contributed by atoms with van der Waals surface area (Å²) in [6.07, 6.45) is 8.41. The number of nitrogens with one attached hydrogen (secondary N) is 2. The lowest BCUT2D eigenvalue weighted by atomic mass is 9.92. The summed E-state index contributed by atoms with van der Waals surface area (Å²) in [4.78, 5) is 12.3. The van der Waals surface area contributed by atoms with Crippen molar-refractivity contribution in [3.8, 4) is 0 Å². The first-order valence-corrected chi connectivity index (χ1v) is 7.30. The summed E-state index contributed by atoms with van der Waals surface area (Å²) in [5, 5.41) is 10.8. The summed E-state index contributed by atoms with van der Waals surface area (Å²) in [6.45, 7) is 0.959. The van der Waals surface area contributed by atoms with Crippen LogP contribution in [-0.2, 0) is 18.3 Å². The minimum absolute atomic E-state index is 0. The van der Waals surface area contributed by atoms with Gasteiger partial charge in [0.1, 0.15) is 0 Å². The molecule has 3 rings (SSSR count). The van der Waals surface area contributed by atoms with Gasteiger partial charge < -0.3 is 10.6 Å². The number of aryl methyl sites for hydroxylation is 1. The predicted molar refractivity (Wildman–Crippen MR) is 79.9 cm³/mol. The Morgan fingerprint density at radius 2 is 2.25 bits per heavy atom. The molecule has 5 nitrogen and oxygen atoms in total. The van der Waals surface area contributed by atoms with Gasteiger partial charge >= 0.3 is 0 Å². The number of hydrogen-bond donors (Lipinski definition) is 2. The van der Waals surface area contributed by atoms with E-state index in [4.69, 9.17) is 0 Å². The van der Waals surface area contributed by atoms with Crippen LogP contribution in [0.15, 0.2) is 6.20 Å². The minimum Gasteiger partial charge on any atom is -0.348 e. The summed E-state index contributed by atoms with van der Waals surface area (Å²) in [5.41, 5.74) is 2.48. The highest BCUT2D eigenvalue weighted by Crippen LogP contribution is 2.29. The highest BCUT2D eigenvalue weighted by molar-refractivity contribution is 5.85. The van der Waals surface area contributed by atoms with E-state index in [-0.39, 0.29) is 30.4 Å². The second kappa shape index (κ2) is 6.59. The molecule has 2 atom stereocenters. The van der Waals surface area contributed by atoms with Crippen LogP contribution in [0.25, 0.3) is 0 Å². The van der Waals surface area contributed by atoms with Gasteiger partial charge in [-0.05, 0) is 38.6 Å². The van der Waals surface area contributed by atoms with E-state index in [9.17, 15) is 4.79 Å². The SMILES string of the molecule is Cl.Cn1ncc2c1CCCC2NC(=O)C1CCCCN1. The van der Waals surface area contributed by atoms with Crippen molar-refractivity contribution < 1.29 is 4.79 Å². The first-order chi connectivity index (χ1) is 9.25. The van der Waals surface area contributed by atoms with Crippen molar-refractivity contribution in [2.45, 2.75) is 50.6 Å². The van der Waals surface area contributed by atoms with Crippen LogP contribution in [0.5, 0.6) is 0 Å². The van der Waals surface area contributed by atoms with Gasteiger partial charge in [-0.15, -0.1) is 12.4 Å². The number of carbonyl (C=O) groups is 1. The topological polar surface area (TPSA) is 59.0 Å². The third kappa shape index (κ3) is 2.99. The molecule has 1 aromatic rings. The Morgan fingerprint density at radius 3 is 3.00 bits per heavy atom. The van der Waals surface area contributed by atoms with Crippen LogP contribution in [-0.4, -0.2) is 28.3 Å². The monoisotopic (exact) mass is 298 g/mol. The number of amides is 1. The molecule has 2 N–H and O–H groups in total. The fraction of sp³-hybridized carbons (Fsp3) is 0.714. The molecule has 1 saturated heterocycles. The van der Waals surface area contributed by atoms with Crippen molar-refractivity contribution in [2.24, 2.45) is 7.05 Å². The first-order valence-electron chi connectivity index (χ1n) is 7.30. The molecule has 0 aromatic carbocycles. The number of rotatable bonds is 2. The zero-order valence-corrected chi connectivity index (χ0v) is 12.7. The Balaban J connectivity index is 0.00000147. The largest absolute Gasteiger partial charge is 0.348 e. The lowest BCUT2D eigenvalue weighted by Gasteiger charge is -2.28. The van der Waals surface area contributed by atoms with Crippen molar-refractivity contribution in [2.75, 3.05) is 6.54 Å². The van der Waals surface area contributed by atoms with Crippen molar-refractivity contribution in [1.29, 1.82) is 0 Å². The van der Waals surface area contributed by atoms with Crippen LogP contribution in [0.2, 0.25) is 0 Å². The van der Waals surface area contributed by atoms with Gasteiger partial charge in [0.05, 0.1) is 18.3 Å². The van der Waals surface area contributed by atoms with Gasteiger partial charge in [0.25, 0.3) is 0 Å². The molecule has 2 unspecified atom stereocenters. The molecule has 1 aromatic heterocycles. The molecule has 0 radical (unpaired) electrons. The molecule has 1 fully saturated rings. The highest BCUT2D eigenvalue weighted by atomic mass is 35.5. The van der Waals surface area contributed by atoms with Gasteiger partial charge in [-0.1, -0.05) is 6.42 Å². The lowest BCUT2D eigenvalue weighted by Crippen LogP contribution is -2.47. The number of carbonyl (C=O) groups excluding carboxylic acids is 1. The minimum atomic E-state index is -0.00389.